The Morgan fingerprint density at radius 2 is 1.96 bits per heavy atom. The third kappa shape index (κ3) is 5.51. The van der Waals surface area contributed by atoms with Crippen LogP contribution in [0.1, 0.15) is 11.7 Å². The summed E-state index contributed by atoms with van der Waals surface area (Å²) < 4.78 is 30.0. The minimum atomic E-state index is -0.949. The number of ether oxygens (including phenoxy) is 1. The minimum Gasteiger partial charge on any atom is -0.491 e. The van der Waals surface area contributed by atoms with Gasteiger partial charge in [-0.15, -0.1) is 0 Å². The molecule has 1 atom stereocenters. The smallest absolute Gasteiger partial charge is 0.319 e. The molecule has 0 aromatic heterocycles. The van der Waals surface area contributed by atoms with E-state index in [1.165, 1.54) is 24.3 Å². The van der Waals surface area contributed by atoms with Gasteiger partial charge < -0.3 is 20.5 Å². The average molecular weight is 336 g/mol. The summed E-state index contributed by atoms with van der Waals surface area (Å²) in [6.07, 6.45) is -0.949. The van der Waals surface area contributed by atoms with E-state index in [0.717, 1.165) is 0 Å². The van der Waals surface area contributed by atoms with E-state index in [2.05, 4.69) is 10.6 Å². The number of urea groups is 1. The summed E-state index contributed by atoms with van der Waals surface area (Å²) in [6.45, 7) is -0.686. The summed E-state index contributed by atoms with van der Waals surface area (Å²) in [5.41, 5.74) is 0.971. The van der Waals surface area contributed by atoms with Crippen molar-refractivity contribution in [2.75, 3.05) is 25.1 Å². The third-order valence-corrected chi connectivity index (χ3v) is 3.15. The molecule has 5 nitrogen and oxygen atoms in total. The molecule has 0 saturated carbocycles. The Bertz CT molecular complexity index is 665. The van der Waals surface area contributed by atoms with Gasteiger partial charge in [-0.2, -0.15) is 0 Å². The molecule has 1 unspecified atom stereocenters. The Kier molecular flexibility index (Phi) is 6.51. The zero-order valence-corrected chi connectivity index (χ0v) is 12.8. The van der Waals surface area contributed by atoms with Gasteiger partial charge in [-0.05, 0) is 29.8 Å². The number of nitrogens with one attached hydrogen (secondary N) is 2. The number of carbonyl (C=O) groups excluding carboxylic acids is 1. The van der Waals surface area contributed by atoms with Gasteiger partial charge in [0.15, 0.2) is 0 Å². The first-order valence-corrected chi connectivity index (χ1v) is 7.35. The second kappa shape index (κ2) is 8.83. The summed E-state index contributed by atoms with van der Waals surface area (Å²) >= 11 is 0. The fraction of sp³-hybridized carbons (Fsp3) is 0.235. The van der Waals surface area contributed by atoms with Crippen molar-refractivity contribution in [2.24, 2.45) is 0 Å². The number of anilines is 1. The van der Waals surface area contributed by atoms with Crippen LogP contribution in [0.2, 0.25) is 0 Å². The van der Waals surface area contributed by atoms with Crippen molar-refractivity contribution >= 4 is 11.7 Å². The van der Waals surface area contributed by atoms with Crippen molar-refractivity contribution < 1.29 is 23.4 Å². The van der Waals surface area contributed by atoms with Crippen LogP contribution in [0.25, 0.3) is 0 Å². The van der Waals surface area contributed by atoms with E-state index in [1.54, 1.807) is 24.3 Å². The molecular weight excluding hydrogens is 318 g/mol. The van der Waals surface area contributed by atoms with Gasteiger partial charge in [0.05, 0.1) is 6.10 Å². The van der Waals surface area contributed by atoms with E-state index in [0.29, 0.717) is 17.0 Å². The van der Waals surface area contributed by atoms with E-state index in [4.69, 9.17) is 4.74 Å². The van der Waals surface area contributed by atoms with Gasteiger partial charge >= 0.3 is 6.03 Å². The largest absolute Gasteiger partial charge is 0.491 e. The predicted octanol–water partition coefficient (Wildman–Crippen LogP) is 3.03. The molecule has 3 N–H and O–H groups in total. The zero-order chi connectivity index (χ0) is 17.4. The first-order valence-electron chi connectivity index (χ1n) is 7.35. The summed E-state index contributed by atoms with van der Waals surface area (Å²) in [6, 6.07) is 11.4. The molecule has 2 aromatic carbocycles. The maximum Gasteiger partial charge on any atom is 0.319 e. The lowest BCUT2D eigenvalue weighted by Crippen LogP contribution is -2.32. The van der Waals surface area contributed by atoms with Crippen LogP contribution < -0.4 is 15.4 Å². The van der Waals surface area contributed by atoms with Crippen molar-refractivity contribution in [1.82, 2.24) is 5.32 Å². The topological polar surface area (TPSA) is 70.6 Å². The molecule has 0 bridgehead atoms. The van der Waals surface area contributed by atoms with Crippen LogP contribution in [0.3, 0.4) is 0 Å². The molecule has 2 amide bonds. The van der Waals surface area contributed by atoms with E-state index in [1.807, 2.05) is 0 Å². The van der Waals surface area contributed by atoms with Crippen LogP contribution in [0, 0.1) is 5.82 Å². The van der Waals surface area contributed by atoms with Crippen LogP contribution in [0.4, 0.5) is 19.3 Å². The Labute approximate surface area is 138 Å². The standard InChI is InChI=1S/C17H18F2N2O3/c18-8-9-24-15-3-1-2-14(10-15)21-17(23)20-11-16(22)12-4-6-13(19)7-5-12/h1-7,10,16,22H,8-9,11H2,(H2,20,21,23). The number of carbonyl (C=O) groups is 1. The number of alkyl halides is 1. The lowest BCUT2D eigenvalue weighted by Gasteiger charge is -2.13. The highest BCUT2D eigenvalue weighted by atomic mass is 19.1. The second-order valence-electron chi connectivity index (χ2n) is 4.97. The average Bonchev–Trinajstić information content (AvgIpc) is 2.59. The molecule has 0 fully saturated rings. The molecule has 128 valence electrons. The SMILES string of the molecule is O=C(NCC(O)c1ccc(F)cc1)Nc1cccc(OCCF)c1. The lowest BCUT2D eigenvalue weighted by molar-refractivity contribution is 0.175. The number of benzene rings is 2. The van der Waals surface area contributed by atoms with Crippen molar-refractivity contribution in [3.63, 3.8) is 0 Å². The summed E-state index contributed by atoms with van der Waals surface area (Å²) in [7, 11) is 0. The van der Waals surface area contributed by atoms with Crippen LogP contribution in [-0.4, -0.2) is 31.0 Å². The quantitative estimate of drug-likeness (QED) is 0.728. The molecular formula is C17H18F2N2O3. The van der Waals surface area contributed by atoms with Gasteiger partial charge in [-0.25, -0.2) is 13.6 Å². The normalized spacial score (nSPS) is 11.6. The van der Waals surface area contributed by atoms with Crippen molar-refractivity contribution in [3.05, 3.63) is 59.9 Å². The van der Waals surface area contributed by atoms with E-state index in [-0.39, 0.29) is 13.2 Å². The Hall–Kier alpha value is -2.67. The number of halogens is 2. The number of aliphatic hydroxyl groups excluding tert-OH is 1. The fourth-order valence-electron chi connectivity index (χ4n) is 1.99. The molecule has 0 heterocycles. The van der Waals surface area contributed by atoms with Gasteiger partial charge in [-0.1, -0.05) is 18.2 Å². The van der Waals surface area contributed by atoms with Gasteiger partial charge in [0.1, 0.15) is 24.8 Å². The van der Waals surface area contributed by atoms with Gasteiger partial charge in [0, 0.05) is 18.3 Å². The molecule has 0 saturated heterocycles. The van der Waals surface area contributed by atoms with Crippen LogP contribution in [0.15, 0.2) is 48.5 Å². The van der Waals surface area contributed by atoms with Gasteiger partial charge in [0.2, 0.25) is 0 Å². The Morgan fingerprint density at radius 1 is 1.21 bits per heavy atom. The van der Waals surface area contributed by atoms with Gasteiger partial charge in [0.25, 0.3) is 0 Å². The Balaban J connectivity index is 1.83. The third-order valence-electron chi connectivity index (χ3n) is 3.15. The van der Waals surface area contributed by atoms with E-state index < -0.39 is 24.6 Å². The number of hydrogen-bond acceptors (Lipinski definition) is 3. The molecule has 0 aliphatic carbocycles. The molecule has 2 rings (SSSR count). The summed E-state index contributed by atoms with van der Waals surface area (Å²) in [4.78, 5) is 11.8. The number of hydrogen-bond donors (Lipinski definition) is 3. The maximum absolute atomic E-state index is 12.8. The molecule has 2 aromatic rings. The number of amides is 2. The highest BCUT2D eigenvalue weighted by molar-refractivity contribution is 5.89. The summed E-state index contributed by atoms with van der Waals surface area (Å²) in [5.74, 6) is 0.0447. The van der Waals surface area contributed by atoms with Crippen LogP contribution in [0.5, 0.6) is 5.75 Å². The first-order chi connectivity index (χ1) is 11.6. The monoisotopic (exact) mass is 336 g/mol. The molecule has 0 radical (unpaired) electrons. The molecule has 7 heteroatoms. The first kappa shape index (κ1) is 17.7. The van der Waals surface area contributed by atoms with Crippen molar-refractivity contribution in [1.29, 1.82) is 0 Å². The van der Waals surface area contributed by atoms with Crippen LogP contribution >= 0.6 is 0 Å². The van der Waals surface area contributed by atoms with Crippen molar-refractivity contribution in [2.45, 2.75) is 6.10 Å². The molecule has 0 aliphatic rings. The maximum atomic E-state index is 12.8. The van der Waals surface area contributed by atoms with Crippen molar-refractivity contribution in [3.8, 4) is 5.75 Å². The highest BCUT2D eigenvalue weighted by Crippen LogP contribution is 2.17. The van der Waals surface area contributed by atoms with Gasteiger partial charge in [-0.3, -0.25) is 0 Å². The minimum absolute atomic E-state index is 0.0322. The van der Waals surface area contributed by atoms with E-state index in [9.17, 15) is 18.7 Å². The number of rotatable bonds is 7. The molecule has 24 heavy (non-hydrogen) atoms. The zero-order valence-electron chi connectivity index (χ0n) is 12.8. The predicted molar refractivity (Wildman–Crippen MR) is 86.3 cm³/mol. The highest BCUT2D eigenvalue weighted by Gasteiger charge is 2.10. The lowest BCUT2D eigenvalue weighted by atomic mass is 10.1. The Morgan fingerprint density at radius 3 is 2.67 bits per heavy atom. The van der Waals surface area contributed by atoms with E-state index >= 15 is 0 Å². The molecule has 0 spiro atoms. The summed E-state index contributed by atoms with van der Waals surface area (Å²) in [5, 5.41) is 15.0. The fourth-order valence-corrected chi connectivity index (χ4v) is 1.99. The number of aliphatic hydroxyl groups is 1. The van der Waals surface area contributed by atoms with Crippen LogP contribution in [-0.2, 0) is 0 Å². The molecule has 0 aliphatic heterocycles. The second-order valence-corrected chi connectivity index (χ2v) is 4.97.